The predicted molar refractivity (Wildman–Crippen MR) is 47.0 cm³/mol. The molecule has 12 heavy (non-hydrogen) atoms. The Kier molecular flexibility index (Phi) is 3.29. The number of aliphatic carboxylic acids is 1. The maximum atomic E-state index is 10.4. The van der Waals surface area contributed by atoms with E-state index in [9.17, 15) is 4.79 Å². The van der Waals surface area contributed by atoms with E-state index in [1.807, 2.05) is 0 Å². The van der Waals surface area contributed by atoms with E-state index >= 15 is 0 Å². The first-order valence-electron chi connectivity index (χ1n) is 4.34. The molecule has 2 N–H and O–H groups in total. The van der Waals surface area contributed by atoms with Crippen molar-refractivity contribution in [2.75, 3.05) is 6.54 Å². The summed E-state index contributed by atoms with van der Waals surface area (Å²) >= 11 is 0. The highest BCUT2D eigenvalue weighted by Crippen LogP contribution is 2.13. The van der Waals surface area contributed by atoms with Crippen LogP contribution in [0.1, 0.15) is 25.7 Å². The normalized spacial score (nSPS) is 23.5. The van der Waals surface area contributed by atoms with Crippen LogP contribution in [0.15, 0.2) is 12.2 Å². The minimum atomic E-state index is -0.873. The van der Waals surface area contributed by atoms with Crippen molar-refractivity contribution < 1.29 is 9.90 Å². The molecule has 0 aliphatic carbocycles. The maximum Gasteiger partial charge on any atom is 0.331 e. The number of piperidine rings is 1. The van der Waals surface area contributed by atoms with Gasteiger partial charge in [-0.1, -0.05) is 13.0 Å². The van der Waals surface area contributed by atoms with Gasteiger partial charge in [-0.25, -0.2) is 4.79 Å². The van der Waals surface area contributed by atoms with Crippen LogP contribution in [0.3, 0.4) is 0 Å². The number of hydrogen-bond donors (Lipinski definition) is 2. The Labute approximate surface area is 72.5 Å². The summed E-state index contributed by atoms with van der Waals surface area (Å²) in [5.74, 6) is -0.873. The highest BCUT2D eigenvalue weighted by Gasteiger charge is 2.15. The molecule has 1 saturated heterocycles. The van der Waals surface area contributed by atoms with Gasteiger partial charge in [-0.3, -0.25) is 0 Å². The van der Waals surface area contributed by atoms with Crippen molar-refractivity contribution in [2.45, 2.75) is 31.7 Å². The third kappa shape index (κ3) is 2.66. The second-order valence-corrected chi connectivity index (χ2v) is 3.26. The van der Waals surface area contributed by atoms with Gasteiger partial charge >= 0.3 is 5.97 Å². The van der Waals surface area contributed by atoms with Gasteiger partial charge in [-0.05, 0) is 25.8 Å². The molecule has 0 radical (unpaired) electrons. The van der Waals surface area contributed by atoms with Crippen molar-refractivity contribution >= 4 is 5.97 Å². The Morgan fingerprint density at radius 2 is 2.33 bits per heavy atom. The van der Waals surface area contributed by atoms with E-state index in [0.29, 0.717) is 18.0 Å². The Bertz CT molecular complexity index is 183. The third-order valence-corrected chi connectivity index (χ3v) is 2.21. The molecule has 3 nitrogen and oxygen atoms in total. The van der Waals surface area contributed by atoms with Gasteiger partial charge in [-0.15, -0.1) is 0 Å². The fourth-order valence-corrected chi connectivity index (χ4v) is 1.48. The first-order valence-corrected chi connectivity index (χ1v) is 4.34. The Balaban J connectivity index is 2.29. The van der Waals surface area contributed by atoms with Crippen LogP contribution in [-0.4, -0.2) is 23.7 Å². The summed E-state index contributed by atoms with van der Waals surface area (Å²) in [6.45, 7) is 4.52. The molecule has 0 bridgehead atoms. The zero-order valence-electron chi connectivity index (χ0n) is 7.18. The number of carboxylic acids is 1. The van der Waals surface area contributed by atoms with Crippen LogP contribution in [0.4, 0.5) is 0 Å². The Morgan fingerprint density at radius 3 is 2.83 bits per heavy atom. The molecule has 1 rings (SSSR count). The van der Waals surface area contributed by atoms with Gasteiger partial charge in [0, 0.05) is 11.6 Å². The first-order chi connectivity index (χ1) is 5.70. The SMILES string of the molecule is C=C(CC1CCCCN1)C(=O)O. The van der Waals surface area contributed by atoms with Crippen molar-refractivity contribution in [1.82, 2.24) is 5.32 Å². The number of carbonyl (C=O) groups is 1. The lowest BCUT2D eigenvalue weighted by Crippen LogP contribution is -2.34. The van der Waals surface area contributed by atoms with Gasteiger partial charge in [0.2, 0.25) is 0 Å². The van der Waals surface area contributed by atoms with E-state index < -0.39 is 5.97 Å². The molecule has 68 valence electrons. The number of rotatable bonds is 3. The van der Waals surface area contributed by atoms with Crippen LogP contribution in [0, 0.1) is 0 Å². The zero-order valence-corrected chi connectivity index (χ0v) is 7.18. The lowest BCUT2D eigenvalue weighted by atomic mass is 9.99. The smallest absolute Gasteiger partial charge is 0.331 e. The van der Waals surface area contributed by atoms with Crippen LogP contribution in [0.5, 0.6) is 0 Å². The van der Waals surface area contributed by atoms with Gasteiger partial charge < -0.3 is 10.4 Å². The topological polar surface area (TPSA) is 49.3 Å². The van der Waals surface area contributed by atoms with Crippen molar-refractivity contribution in [3.05, 3.63) is 12.2 Å². The summed E-state index contributed by atoms with van der Waals surface area (Å²) in [6.07, 6.45) is 4.06. The molecule has 3 heteroatoms. The highest BCUT2D eigenvalue weighted by atomic mass is 16.4. The Morgan fingerprint density at radius 1 is 1.58 bits per heavy atom. The summed E-state index contributed by atoms with van der Waals surface area (Å²) in [6, 6.07) is 0.336. The van der Waals surface area contributed by atoms with E-state index in [-0.39, 0.29) is 0 Å². The lowest BCUT2D eigenvalue weighted by molar-refractivity contribution is -0.132. The molecule has 0 spiro atoms. The van der Waals surface area contributed by atoms with Crippen LogP contribution in [0.2, 0.25) is 0 Å². The van der Waals surface area contributed by atoms with Crippen LogP contribution in [0.25, 0.3) is 0 Å². The average molecular weight is 169 g/mol. The molecule has 1 fully saturated rings. The fourth-order valence-electron chi connectivity index (χ4n) is 1.48. The van der Waals surface area contributed by atoms with Gasteiger partial charge in [0.05, 0.1) is 0 Å². The van der Waals surface area contributed by atoms with Crippen LogP contribution >= 0.6 is 0 Å². The first kappa shape index (κ1) is 9.26. The molecular formula is C9H15NO2. The molecule has 0 amide bonds. The van der Waals surface area contributed by atoms with Crippen LogP contribution < -0.4 is 5.32 Å². The highest BCUT2D eigenvalue weighted by molar-refractivity contribution is 5.85. The molecule has 0 aromatic carbocycles. The van der Waals surface area contributed by atoms with Crippen molar-refractivity contribution in [1.29, 1.82) is 0 Å². The second kappa shape index (κ2) is 4.26. The number of hydrogen-bond acceptors (Lipinski definition) is 2. The van der Waals surface area contributed by atoms with Crippen molar-refractivity contribution in [2.24, 2.45) is 0 Å². The molecule has 0 aromatic heterocycles. The molecule has 0 aromatic rings. The molecule has 0 saturated carbocycles. The summed E-state index contributed by atoms with van der Waals surface area (Å²) in [5, 5.41) is 11.9. The summed E-state index contributed by atoms with van der Waals surface area (Å²) < 4.78 is 0. The van der Waals surface area contributed by atoms with E-state index in [0.717, 1.165) is 13.0 Å². The van der Waals surface area contributed by atoms with Gasteiger partial charge in [0.1, 0.15) is 0 Å². The molecule has 1 aliphatic heterocycles. The van der Waals surface area contributed by atoms with E-state index in [1.165, 1.54) is 12.8 Å². The van der Waals surface area contributed by atoms with Gasteiger partial charge in [0.25, 0.3) is 0 Å². The van der Waals surface area contributed by atoms with Crippen molar-refractivity contribution in [3.8, 4) is 0 Å². The Hall–Kier alpha value is -0.830. The largest absolute Gasteiger partial charge is 0.478 e. The van der Waals surface area contributed by atoms with Gasteiger partial charge in [0.15, 0.2) is 0 Å². The summed E-state index contributed by atoms with van der Waals surface area (Å²) in [5.41, 5.74) is 0.314. The van der Waals surface area contributed by atoms with E-state index in [4.69, 9.17) is 5.11 Å². The number of carboxylic acid groups (broad SMARTS) is 1. The second-order valence-electron chi connectivity index (χ2n) is 3.26. The van der Waals surface area contributed by atoms with Gasteiger partial charge in [-0.2, -0.15) is 0 Å². The third-order valence-electron chi connectivity index (χ3n) is 2.21. The molecule has 1 atom stereocenters. The molecular weight excluding hydrogens is 154 g/mol. The fraction of sp³-hybridized carbons (Fsp3) is 0.667. The van der Waals surface area contributed by atoms with Crippen LogP contribution in [-0.2, 0) is 4.79 Å². The monoisotopic (exact) mass is 169 g/mol. The average Bonchev–Trinajstić information content (AvgIpc) is 2.06. The predicted octanol–water partition coefficient (Wildman–Crippen LogP) is 1.16. The molecule has 1 unspecified atom stereocenters. The van der Waals surface area contributed by atoms with E-state index in [1.54, 1.807) is 0 Å². The van der Waals surface area contributed by atoms with E-state index in [2.05, 4.69) is 11.9 Å². The minimum absolute atomic E-state index is 0.314. The van der Waals surface area contributed by atoms with Crippen molar-refractivity contribution in [3.63, 3.8) is 0 Å². The molecule has 1 aliphatic rings. The summed E-state index contributed by atoms with van der Waals surface area (Å²) in [4.78, 5) is 10.4. The quantitative estimate of drug-likeness (QED) is 0.623. The molecule has 1 heterocycles. The maximum absolute atomic E-state index is 10.4. The number of nitrogens with one attached hydrogen (secondary N) is 1. The standard InChI is InChI=1S/C9H15NO2/c1-7(9(11)12)6-8-4-2-3-5-10-8/h8,10H,1-6H2,(H,11,12). The minimum Gasteiger partial charge on any atom is -0.478 e. The zero-order chi connectivity index (χ0) is 8.97. The lowest BCUT2D eigenvalue weighted by Gasteiger charge is -2.23. The summed E-state index contributed by atoms with van der Waals surface area (Å²) in [7, 11) is 0.